The lowest BCUT2D eigenvalue weighted by atomic mass is 9.90. The zero-order chi connectivity index (χ0) is 20.7. The predicted octanol–water partition coefficient (Wildman–Crippen LogP) is 2.83. The van der Waals surface area contributed by atoms with Gasteiger partial charge in [-0.05, 0) is 36.2 Å². The van der Waals surface area contributed by atoms with Gasteiger partial charge in [-0.3, -0.25) is 14.9 Å². The molecule has 2 aliphatic rings. The molecule has 0 aliphatic carbocycles. The van der Waals surface area contributed by atoms with E-state index in [0.29, 0.717) is 17.9 Å². The second kappa shape index (κ2) is 7.65. The second-order valence-electron chi connectivity index (χ2n) is 7.71. The van der Waals surface area contributed by atoms with Crippen molar-refractivity contribution in [2.75, 3.05) is 36.0 Å². The van der Waals surface area contributed by atoms with Crippen LogP contribution in [0.4, 0.5) is 11.5 Å². The number of rotatable bonds is 3. The number of carbonyl (C=O) groups excluding carboxylic acids is 2. The summed E-state index contributed by atoms with van der Waals surface area (Å²) in [6.07, 6.45) is 2.65. The quantitative estimate of drug-likeness (QED) is 0.656. The van der Waals surface area contributed by atoms with E-state index in [1.165, 1.54) is 0 Å². The molecule has 3 aromatic rings. The van der Waals surface area contributed by atoms with Crippen molar-refractivity contribution in [3.8, 4) is 0 Å². The molecule has 30 heavy (non-hydrogen) atoms. The summed E-state index contributed by atoms with van der Waals surface area (Å²) in [6, 6.07) is 14.0. The van der Waals surface area contributed by atoms with Gasteiger partial charge in [-0.15, -0.1) is 0 Å². The number of benzene rings is 1. The summed E-state index contributed by atoms with van der Waals surface area (Å²) in [5, 5.41) is 7.47. The SMILES string of the molecule is O=C1CCC(c2cccc(N3CCN(c4cccc5ccnn45)CC3)c2Cl)C(=O)N1. The average Bonchev–Trinajstić information content (AvgIpc) is 3.24. The van der Waals surface area contributed by atoms with E-state index in [0.717, 1.165) is 48.8 Å². The van der Waals surface area contributed by atoms with Crippen LogP contribution in [0.3, 0.4) is 0 Å². The highest BCUT2D eigenvalue weighted by Crippen LogP contribution is 2.37. The van der Waals surface area contributed by atoms with Crippen LogP contribution in [-0.4, -0.2) is 47.6 Å². The summed E-state index contributed by atoms with van der Waals surface area (Å²) < 4.78 is 1.96. The first-order valence-corrected chi connectivity index (χ1v) is 10.5. The van der Waals surface area contributed by atoms with Crippen LogP contribution in [0.5, 0.6) is 0 Å². The monoisotopic (exact) mass is 423 g/mol. The van der Waals surface area contributed by atoms with E-state index < -0.39 is 0 Å². The summed E-state index contributed by atoms with van der Waals surface area (Å²) in [7, 11) is 0. The predicted molar refractivity (Wildman–Crippen MR) is 116 cm³/mol. The molecule has 4 heterocycles. The van der Waals surface area contributed by atoms with Crippen molar-refractivity contribution < 1.29 is 9.59 Å². The molecular weight excluding hydrogens is 402 g/mol. The number of carbonyl (C=O) groups is 2. The van der Waals surface area contributed by atoms with Crippen molar-refractivity contribution in [3.63, 3.8) is 0 Å². The summed E-state index contributed by atoms with van der Waals surface area (Å²) in [4.78, 5) is 28.4. The molecule has 5 rings (SSSR count). The topological polar surface area (TPSA) is 70.0 Å². The van der Waals surface area contributed by atoms with Gasteiger partial charge in [-0.25, -0.2) is 4.52 Å². The number of amides is 2. The molecule has 0 spiro atoms. The first-order chi connectivity index (χ1) is 14.6. The number of imide groups is 1. The van der Waals surface area contributed by atoms with Gasteiger partial charge in [-0.2, -0.15) is 5.10 Å². The average molecular weight is 424 g/mol. The molecule has 0 radical (unpaired) electrons. The van der Waals surface area contributed by atoms with E-state index in [-0.39, 0.29) is 17.7 Å². The standard InChI is InChI=1S/C22H22ClN5O2/c23-21-16(17-7-8-19(29)25-22(17)30)4-2-5-18(21)26-11-13-27(14-12-26)20-6-1-3-15-9-10-24-28(15)20/h1-6,9-10,17H,7-8,11-14H2,(H,25,29,30). The Morgan fingerprint density at radius 1 is 0.967 bits per heavy atom. The van der Waals surface area contributed by atoms with Crippen molar-refractivity contribution in [1.82, 2.24) is 14.9 Å². The highest BCUT2D eigenvalue weighted by molar-refractivity contribution is 6.34. The fourth-order valence-corrected chi connectivity index (χ4v) is 4.77. The molecule has 1 atom stereocenters. The third kappa shape index (κ3) is 3.29. The second-order valence-corrected chi connectivity index (χ2v) is 8.09. The van der Waals surface area contributed by atoms with Crippen molar-refractivity contribution in [1.29, 1.82) is 0 Å². The third-order valence-electron chi connectivity index (χ3n) is 5.97. The fraction of sp³-hybridized carbons (Fsp3) is 0.318. The molecule has 2 amide bonds. The Balaban J connectivity index is 1.35. The van der Waals surface area contributed by atoms with E-state index in [2.05, 4.69) is 32.3 Å². The number of nitrogens with one attached hydrogen (secondary N) is 1. The molecule has 2 aromatic heterocycles. The molecule has 0 bridgehead atoms. The van der Waals surface area contributed by atoms with Crippen molar-refractivity contribution in [2.24, 2.45) is 0 Å². The van der Waals surface area contributed by atoms with Crippen LogP contribution in [0, 0.1) is 0 Å². The largest absolute Gasteiger partial charge is 0.367 e. The van der Waals surface area contributed by atoms with Crippen molar-refractivity contribution in [2.45, 2.75) is 18.8 Å². The number of hydrogen-bond acceptors (Lipinski definition) is 5. The summed E-state index contributed by atoms with van der Waals surface area (Å²) in [5.74, 6) is 0.226. The van der Waals surface area contributed by atoms with E-state index in [9.17, 15) is 9.59 Å². The number of hydrogen-bond donors (Lipinski definition) is 1. The Labute approximate surface area is 179 Å². The van der Waals surface area contributed by atoms with Gasteiger partial charge in [0.1, 0.15) is 5.82 Å². The van der Waals surface area contributed by atoms with E-state index in [4.69, 9.17) is 11.6 Å². The van der Waals surface area contributed by atoms with Crippen LogP contribution in [0.15, 0.2) is 48.7 Å². The normalized spacial score (nSPS) is 20.0. The van der Waals surface area contributed by atoms with Crippen molar-refractivity contribution in [3.05, 3.63) is 59.2 Å². The number of anilines is 2. The van der Waals surface area contributed by atoms with Crippen molar-refractivity contribution >= 4 is 40.4 Å². The first-order valence-electron chi connectivity index (χ1n) is 10.2. The highest BCUT2D eigenvalue weighted by atomic mass is 35.5. The molecule has 154 valence electrons. The van der Waals surface area contributed by atoms with Gasteiger partial charge in [0.2, 0.25) is 11.8 Å². The number of fused-ring (bicyclic) bond motifs is 1. The van der Waals surface area contributed by atoms with Crippen LogP contribution in [0.1, 0.15) is 24.3 Å². The minimum atomic E-state index is -0.381. The van der Waals surface area contributed by atoms with Crippen LogP contribution in [0.25, 0.3) is 5.52 Å². The van der Waals surface area contributed by atoms with Crippen LogP contribution in [-0.2, 0) is 9.59 Å². The Hall–Kier alpha value is -3.06. The molecule has 8 heteroatoms. The molecule has 2 fully saturated rings. The molecule has 2 aliphatic heterocycles. The minimum Gasteiger partial charge on any atom is -0.367 e. The molecule has 0 saturated carbocycles. The summed E-state index contributed by atoms with van der Waals surface area (Å²) in [6.45, 7) is 3.32. The number of halogens is 1. The van der Waals surface area contributed by atoms with E-state index >= 15 is 0 Å². The van der Waals surface area contributed by atoms with Gasteiger partial charge in [-0.1, -0.05) is 29.8 Å². The zero-order valence-corrected chi connectivity index (χ0v) is 17.2. The molecule has 1 aromatic carbocycles. The van der Waals surface area contributed by atoms with E-state index in [1.807, 2.05) is 41.0 Å². The molecular formula is C22H22ClN5O2. The van der Waals surface area contributed by atoms with Gasteiger partial charge >= 0.3 is 0 Å². The molecule has 1 unspecified atom stereocenters. The van der Waals surface area contributed by atoms with Gasteiger partial charge in [0.25, 0.3) is 0 Å². The van der Waals surface area contributed by atoms with E-state index in [1.54, 1.807) is 0 Å². The maximum Gasteiger partial charge on any atom is 0.234 e. The van der Waals surface area contributed by atoms with Gasteiger partial charge in [0.15, 0.2) is 0 Å². The molecule has 7 nitrogen and oxygen atoms in total. The minimum absolute atomic E-state index is 0.216. The Bertz CT molecular complexity index is 1120. The summed E-state index contributed by atoms with van der Waals surface area (Å²) in [5.41, 5.74) is 2.81. The summed E-state index contributed by atoms with van der Waals surface area (Å²) >= 11 is 6.76. The Morgan fingerprint density at radius 2 is 1.73 bits per heavy atom. The highest BCUT2D eigenvalue weighted by Gasteiger charge is 2.31. The van der Waals surface area contributed by atoms with Crippen LogP contribution < -0.4 is 15.1 Å². The molecule has 1 N–H and O–H groups in total. The molecule has 2 saturated heterocycles. The van der Waals surface area contributed by atoms with Gasteiger partial charge < -0.3 is 9.80 Å². The number of piperazine rings is 1. The number of pyridine rings is 1. The maximum atomic E-state index is 12.3. The lowest BCUT2D eigenvalue weighted by Crippen LogP contribution is -2.47. The number of nitrogens with zero attached hydrogens (tertiary/aromatic N) is 4. The van der Waals surface area contributed by atoms with Gasteiger partial charge in [0.05, 0.1) is 28.3 Å². The smallest absolute Gasteiger partial charge is 0.234 e. The Kier molecular flexibility index (Phi) is 4.83. The maximum absolute atomic E-state index is 12.3. The zero-order valence-electron chi connectivity index (χ0n) is 16.4. The lowest BCUT2D eigenvalue weighted by Gasteiger charge is -2.38. The number of piperidine rings is 1. The van der Waals surface area contributed by atoms with Crippen LogP contribution in [0.2, 0.25) is 5.02 Å². The third-order valence-corrected chi connectivity index (χ3v) is 6.38. The van der Waals surface area contributed by atoms with Gasteiger partial charge in [0, 0.05) is 32.6 Å². The fourth-order valence-electron chi connectivity index (χ4n) is 4.39. The lowest BCUT2D eigenvalue weighted by molar-refractivity contribution is -0.134. The Morgan fingerprint density at radius 3 is 2.53 bits per heavy atom. The van der Waals surface area contributed by atoms with Crippen LogP contribution >= 0.6 is 11.6 Å². The number of aromatic nitrogens is 2. The first kappa shape index (κ1) is 18.9.